The van der Waals surface area contributed by atoms with Crippen LogP contribution in [0.4, 0.5) is 9.59 Å². The lowest BCUT2D eigenvalue weighted by Crippen LogP contribution is -2.31. The molecule has 0 aromatic rings. The smallest absolute Gasteiger partial charge is 0.407 e. The molecule has 7 heteroatoms. The van der Waals surface area contributed by atoms with E-state index in [1.807, 2.05) is 0 Å². The van der Waals surface area contributed by atoms with E-state index in [1.165, 1.54) is 0 Å². The van der Waals surface area contributed by atoms with Crippen molar-refractivity contribution in [3.05, 3.63) is 0 Å². The van der Waals surface area contributed by atoms with Gasteiger partial charge in [-0.15, -0.1) is 0 Å². The Hall–Kier alpha value is -1.50. The highest BCUT2D eigenvalue weighted by molar-refractivity contribution is 5.67. The van der Waals surface area contributed by atoms with Gasteiger partial charge in [0.25, 0.3) is 0 Å². The zero-order chi connectivity index (χ0) is 15.8. The van der Waals surface area contributed by atoms with E-state index < -0.39 is 12.2 Å². The fourth-order valence-corrected chi connectivity index (χ4v) is 1.39. The van der Waals surface area contributed by atoms with Crippen LogP contribution in [-0.4, -0.2) is 51.6 Å². The van der Waals surface area contributed by atoms with Crippen molar-refractivity contribution in [2.75, 3.05) is 39.4 Å². The van der Waals surface area contributed by atoms with Gasteiger partial charge in [-0.3, -0.25) is 0 Å². The van der Waals surface area contributed by atoms with Crippen LogP contribution in [0.3, 0.4) is 0 Å². The molecule has 124 valence electrons. The molecular formula is C14H29N3O4. The van der Waals surface area contributed by atoms with Gasteiger partial charge in [0, 0.05) is 26.2 Å². The third-order valence-corrected chi connectivity index (χ3v) is 2.62. The summed E-state index contributed by atoms with van der Waals surface area (Å²) in [7, 11) is 0. The van der Waals surface area contributed by atoms with Gasteiger partial charge < -0.3 is 25.4 Å². The van der Waals surface area contributed by atoms with E-state index in [-0.39, 0.29) is 0 Å². The van der Waals surface area contributed by atoms with Crippen molar-refractivity contribution in [1.82, 2.24) is 16.0 Å². The molecule has 0 bridgehead atoms. The molecule has 0 saturated carbocycles. The Labute approximate surface area is 127 Å². The maximum Gasteiger partial charge on any atom is 0.407 e. The number of carbonyl (C=O) groups excluding carboxylic acids is 2. The summed E-state index contributed by atoms with van der Waals surface area (Å²) in [6, 6.07) is 0. The molecule has 0 aromatic heterocycles. The molecule has 0 saturated heterocycles. The van der Waals surface area contributed by atoms with Crippen LogP contribution in [0.15, 0.2) is 0 Å². The average molecular weight is 303 g/mol. The zero-order valence-electron chi connectivity index (χ0n) is 13.2. The highest BCUT2D eigenvalue weighted by Crippen LogP contribution is 1.85. The summed E-state index contributed by atoms with van der Waals surface area (Å²) >= 11 is 0. The van der Waals surface area contributed by atoms with Crippen LogP contribution in [0.1, 0.15) is 39.5 Å². The van der Waals surface area contributed by atoms with Crippen LogP contribution < -0.4 is 16.0 Å². The third-order valence-electron chi connectivity index (χ3n) is 2.62. The highest BCUT2D eigenvalue weighted by Gasteiger charge is 2.01. The van der Waals surface area contributed by atoms with E-state index in [9.17, 15) is 9.59 Å². The fourth-order valence-electron chi connectivity index (χ4n) is 1.39. The summed E-state index contributed by atoms with van der Waals surface area (Å²) < 4.78 is 9.90. The van der Waals surface area contributed by atoms with E-state index in [0.717, 1.165) is 25.7 Å². The van der Waals surface area contributed by atoms with Crippen molar-refractivity contribution in [2.45, 2.75) is 39.5 Å². The molecule has 0 radical (unpaired) electrons. The number of alkyl carbamates (subject to hydrolysis) is 2. The molecular weight excluding hydrogens is 274 g/mol. The Balaban J connectivity index is 3.24. The lowest BCUT2D eigenvalue weighted by molar-refractivity contribution is 0.140. The van der Waals surface area contributed by atoms with Gasteiger partial charge in [0.05, 0.1) is 0 Å². The van der Waals surface area contributed by atoms with Crippen molar-refractivity contribution in [3.8, 4) is 0 Å². The average Bonchev–Trinajstić information content (AvgIpc) is 2.47. The predicted octanol–water partition coefficient (Wildman–Crippen LogP) is 1.63. The number of rotatable bonds is 12. The van der Waals surface area contributed by atoms with Gasteiger partial charge in [-0.05, 0) is 12.8 Å². The molecule has 0 aliphatic carbocycles. The molecule has 0 atom stereocenters. The van der Waals surface area contributed by atoms with Gasteiger partial charge in [-0.1, -0.05) is 26.7 Å². The Morgan fingerprint density at radius 2 is 1.19 bits per heavy atom. The number of nitrogens with one attached hydrogen (secondary N) is 3. The van der Waals surface area contributed by atoms with Crippen LogP contribution in [0.25, 0.3) is 0 Å². The zero-order valence-corrected chi connectivity index (χ0v) is 13.2. The highest BCUT2D eigenvalue weighted by atomic mass is 16.6. The van der Waals surface area contributed by atoms with Crippen LogP contribution >= 0.6 is 0 Å². The lowest BCUT2D eigenvalue weighted by Gasteiger charge is -2.08. The molecule has 0 aliphatic heterocycles. The molecule has 0 fully saturated rings. The number of unbranched alkanes of at least 4 members (excludes halogenated alkanes) is 2. The van der Waals surface area contributed by atoms with Crippen molar-refractivity contribution in [1.29, 1.82) is 0 Å². The maximum absolute atomic E-state index is 11.2. The van der Waals surface area contributed by atoms with Gasteiger partial charge in [0.15, 0.2) is 0 Å². The van der Waals surface area contributed by atoms with Crippen molar-refractivity contribution >= 4 is 12.2 Å². The third kappa shape index (κ3) is 14.7. The summed E-state index contributed by atoms with van der Waals surface area (Å²) in [5, 5.41) is 8.34. The summed E-state index contributed by atoms with van der Waals surface area (Å²) in [6.07, 6.45) is 3.19. The SMILES string of the molecule is CCCCNC(=O)OCCNCCOC(=O)NCCCC. The van der Waals surface area contributed by atoms with E-state index in [4.69, 9.17) is 9.47 Å². The topological polar surface area (TPSA) is 88.7 Å². The van der Waals surface area contributed by atoms with Crippen LogP contribution in [0.2, 0.25) is 0 Å². The number of carbonyl (C=O) groups is 2. The number of hydrogen-bond donors (Lipinski definition) is 3. The molecule has 2 amide bonds. The Bertz CT molecular complexity index is 249. The van der Waals surface area contributed by atoms with Crippen molar-refractivity contribution < 1.29 is 19.1 Å². The first-order valence-electron chi connectivity index (χ1n) is 7.72. The Morgan fingerprint density at radius 3 is 1.57 bits per heavy atom. The second-order valence-electron chi connectivity index (χ2n) is 4.58. The van der Waals surface area contributed by atoms with Gasteiger partial charge in [0.1, 0.15) is 13.2 Å². The van der Waals surface area contributed by atoms with Gasteiger partial charge >= 0.3 is 12.2 Å². The molecule has 7 nitrogen and oxygen atoms in total. The Morgan fingerprint density at radius 1 is 0.762 bits per heavy atom. The molecule has 21 heavy (non-hydrogen) atoms. The first-order valence-corrected chi connectivity index (χ1v) is 7.72. The molecule has 0 rings (SSSR count). The molecule has 0 heterocycles. The number of amides is 2. The molecule has 0 spiro atoms. The molecule has 0 unspecified atom stereocenters. The summed E-state index contributed by atoms with van der Waals surface area (Å²) in [6.45, 7) is 7.05. The minimum Gasteiger partial charge on any atom is -0.448 e. The summed E-state index contributed by atoms with van der Waals surface area (Å²) in [4.78, 5) is 22.4. The van der Waals surface area contributed by atoms with E-state index >= 15 is 0 Å². The number of hydrogen-bond acceptors (Lipinski definition) is 5. The number of ether oxygens (including phenoxy) is 2. The summed E-state index contributed by atoms with van der Waals surface area (Å²) in [5.74, 6) is 0. The van der Waals surface area contributed by atoms with Crippen LogP contribution in [-0.2, 0) is 9.47 Å². The minimum absolute atomic E-state index is 0.292. The second-order valence-corrected chi connectivity index (χ2v) is 4.58. The Kier molecular flexibility index (Phi) is 13.8. The first kappa shape index (κ1) is 19.5. The van der Waals surface area contributed by atoms with E-state index in [0.29, 0.717) is 39.4 Å². The normalized spacial score (nSPS) is 10.0. The molecule has 3 N–H and O–H groups in total. The first-order chi connectivity index (χ1) is 10.2. The van der Waals surface area contributed by atoms with Crippen LogP contribution in [0, 0.1) is 0 Å². The molecule has 0 aromatic carbocycles. The standard InChI is InChI=1S/C14H29N3O4/c1-3-5-7-16-13(18)20-11-9-15-10-12-21-14(19)17-8-6-4-2/h15H,3-12H2,1-2H3,(H,16,18)(H,17,19). The largest absolute Gasteiger partial charge is 0.448 e. The maximum atomic E-state index is 11.2. The van der Waals surface area contributed by atoms with Crippen molar-refractivity contribution in [2.24, 2.45) is 0 Å². The van der Waals surface area contributed by atoms with Gasteiger partial charge in [0.2, 0.25) is 0 Å². The predicted molar refractivity (Wildman–Crippen MR) is 81.4 cm³/mol. The van der Waals surface area contributed by atoms with E-state index in [2.05, 4.69) is 29.8 Å². The fraction of sp³-hybridized carbons (Fsp3) is 0.857. The quantitative estimate of drug-likeness (QED) is 0.477. The minimum atomic E-state index is -0.392. The van der Waals surface area contributed by atoms with E-state index in [1.54, 1.807) is 0 Å². The second kappa shape index (κ2) is 14.9. The van der Waals surface area contributed by atoms with Gasteiger partial charge in [-0.2, -0.15) is 0 Å². The molecule has 0 aliphatic rings. The van der Waals surface area contributed by atoms with Crippen molar-refractivity contribution in [3.63, 3.8) is 0 Å². The van der Waals surface area contributed by atoms with Gasteiger partial charge in [-0.25, -0.2) is 9.59 Å². The monoisotopic (exact) mass is 303 g/mol. The summed E-state index contributed by atoms with van der Waals surface area (Å²) in [5.41, 5.74) is 0. The van der Waals surface area contributed by atoms with Crippen LogP contribution in [0.5, 0.6) is 0 Å². The lowest BCUT2D eigenvalue weighted by atomic mass is 10.3.